The summed E-state index contributed by atoms with van der Waals surface area (Å²) >= 11 is 0. The molecule has 1 saturated heterocycles. The first-order chi connectivity index (χ1) is 13.6. The molecule has 2 unspecified atom stereocenters. The first-order valence-corrected chi connectivity index (χ1v) is 10.2. The van der Waals surface area contributed by atoms with Crippen LogP contribution in [0.5, 0.6) is 0 Å². The van der Waals surface area contributed by atoms with Crippen molar-refractivity contribution in [3.05, 3.63) is 69.8 Å². The number of sulfonamides is 1. The second-order valence-electron chi connectivity index (χ2n) is 6.70. The number of nitro groups is 1. The smallest absolute Gasteiger partial charge is 0.315 e. The van der Waals surface area contributed by atoms with Crippen molar-refractivity contribution in [3.63, 3.8) is 0 Å². The first kappa shape index (κ1) is 21.2. The summed E-state index contributed by atoms with van der Waals surface area (Å²) in [6.45, 7) is 0.902. The van der Waals surface area contributed by atoms with Crippen molar-refractivity contribution in [1.29, 1.82) is 0 Å². The molecule has 3 rings (SSSR count). The molecule has 156 valence electrons. The second kappa shape index (κ2) is 8.09. The van der Waals surface area contributed by atoms with Crippen molar-refractivity contribution in [2.75, 3.05) is 13.1 Å². The highest BCUT2D eigenvalue weighted by molar-refractivity contribution is 7.89. The van der Waals surface area contributed by atoms with Crippen LogP contribution in [0, 0.1) is 10.1 Å². The summed E-state index contributed by atoms with van der Waals surface area (Å²) in [4.78, 5) is 9.97. The number of halogens is 3. The zero-order chi connectivity index (χ0) is 21.2. The number of piperidine rings is 1. The van der Waals surface area contributed by atoms with Crippen LogP contribution in [0.2, 0.25) is 0 Å². The van der Waals surface area contributed by atoms with Crippen molar-refractivity contribution in [2.45, 2.75) is 29.5 Å². The van der Waals surface area contributed by atoms with Gasteiger partial charge in [0.1, 0.15) is 0 Å². The molecule has 11 heteroatoms. The zero-order valence-electron chi connectivity index (χ0n) is 15.0. The van der Waals surface area contributed by atoms with Crippen molar-refractivity contribution in [2.24, 2.45) is 0 Å². The van der Waals surface area contributed by atoms with E-state index in [1.54, 1.807) is 0 Å². The molecule has 2 N–H and O–H groups in total. The molecule has 0 radical (unpaired) electrons. The van der Waals surface area contributed by atoms with E-state index < -0.39 is 32.7 Å². The summed E-state index contributed by atoms with van der Waals surface area (Å²) < 4.78 is 66.3. The van der Waals surface area contributed by atoms with Crippen LogP contribution in [0.3, 0.4) is 0 Å². The summed E-state index contributed by atoms with van der Waals surface area (Å²) in [6.07, 6.45) is -3.90. The van der Waals surface area contributed by atoms with Crippen LogP contribution in [-0.2, 0) is 16.2 Å². The maximum atomic E-state index is 12.8. The van der Waals surface area contributed by atoms with Gasteiger partial charge in [0, 0.05) is 30.6 Å². The van der Waals surface area contributed by atoms with E-state index in [-0.39, 0.29) is 16.5 Å². The Morgan fingerprint density at radius 2 is 1.69 bits per heavy atom. The fraction of sp³-hybridized carbons (Fsp3) is 0.333. The lowest BCUT2D eigenvalue weighted by Gasteiger charge is -2.33. The molecule has 2 aromatic carbocycles. The van der Waals surface area contributed by atoms with Crippen molar-refractivity contribution < 1.29 is 26.5 Å². The first-order valence-electron chi connectivity index (χ1n) is 8.72. The summed E-state index contributed by atoms with van der Waals surface area (Å²) in [7, 11) is -3.97. The SMILES string of the molecule is O=[N+]([O-])c1ccc(S(=O)(=O)NC2CNCCC2c2ccc(C(F)(F)F)cc2)cc1. The van der Waals surface area contributed by atoms with Crippen LogP contribution in [0.15, 0.2) is 53.4 Å². The number of hydrogen-bond donors (Lipinski definition) is 2. The van der Waals surface area contributed by atoms with Gasteiger partial charge in [-0.3, -0.25) is 10.1 Å². The minimum atomic E-state index is -4.44. The minimum absolute atomic E-state index is 0.125. The molecule has 2 aromatic rings. The van der Waals surface area contributed by atoms with Gasteiger partial charge in [0.15, 0.2) is 0 Å². The van der Waals surface area contributed by atoms with Crippen LogP contribution in [0.25, 0.3) is 0 Å². The molecular formula is C18H18F3N3O4S. The topological polar surface area (TPSA) is 101 Å². The number of benzene rings is 2. The van der Waals surface area contributed by atoms with Gasteiger partial charge in [-0.25, -0.2) is 13.1 Å². The Hall–Kier alpha value is -2.50. The molecule has 0 bridgehead atoms. The lowest BCUT2D eigenvalue weighted by atomic mass is 9.86. The van der Waals surface area contributed by atoms with E-state index in [0.29, 0.717) is 25.1 Å². The van der Waals surface area contributed by atoms with Gasteiger partial charge in [-0.2, -0.15) is 13.2 Å². The third kappa shape index (κ3) is 4.92. The average Bonchev–Trinajstić information content (AvgIpc) is 2.67. The van der Waals surface area contributed by atoms with E-state index in [1.807, 2.05) is 0 Å². The van der Waals surface area contributed by atoms with Gasteiger partial charge >= 0.3 is 6.18 Å². The van der Waals surface area contributed by atoms with E-state index >= 15 is 0 Å². The lowest BCUT2D eigenvalue weighted by molar-refractivity contribution is -0.384. The molecule has 0 aliphatic carbocycles. The molecule has 7 nitrogen and oxygen atoms in total. The van der Waals surface area contributed by atoms with Gasteiger partial charge in [0.25, 0.3) is 5.69 Å². The summed E-state index contributed by atoms with van der Waals surface area (Å²) in [5.41, 5.74) is -0.389. The Labute approximate surface area is 165 Å². The molecule has 0 aromatic heterocycles. The van der Waals surface area contributed by atoms with Crippen LogP contribution < -0.4 is 10.0 Å². The molecule has 2 atom stereocenters. The van der Waals surface area contributed by atoms with Gasteiger partial charge in [-0.05, 0) is 42.8 Å². The summed E-state index contributed by atoms with van der Waals surface area (Å²) in [5, 5.41) is 13.8. The number of alkyl halides is 3. The Morgan fingerprint density at radius 1 is 1.07 bits per heavy atom. The van der Waals surface area contributed by atoms with E-state index in [1.165, 1.54) is 12.1 Å². The van der Waals surface area contributed by atoms with Crippen molar-refractivity contribution >= 4 is 15.7 Å². The van der Waals surface area contributed by atoms with Gasteiger partial charge in [0.05, 0.1) is 15.4 Å². The normalized spacial score (nSPS) is 20.4. The largest absolute Gasteiger partial charge is 0.416 e. The van der Waals surface area contributed by atoms with Crippen LogP contribution in [0.1, 0.15) is 23.5 Å². The second-order valence-corrected chi connectivity index (χ2v) is 8.41. The zero-order valence-corrected chi connectivity index (χ0v) is 15.8. The quantitative estimate of drug-likeness (QED) is 0.562. The van der Waals surface area contributed by atoms with E-state index in [4.69, 9.17) is 0 Å². The fourth-order valence-corrected chi connectivity index (χ4v) is 4.59. The predicted molar refractivity (Wildman–Crippen MR) is 98.9 cm³/mol. The van der Waals surface area contributed by atoms with E-state index in [9.17, 15) is 31.7 Å². The van der Waals surface area contributed by atoms with Crippen molar-refractivity contribution in [3.8, 4) is 0 Å². The predicted octanol–water partition coefficient (Wildman–Crippen LogP) is 3.04. The Morgan fingerprint density at radius 3 is 2.24 bits per heavy atom. The molecule has 0 saturated carbocycles. The number of hydrogen-bond acceptors (Lipinski definition) is 5. The van der Waals surface area contributed by atoms with Gasteiger partial charge in [-0.15, -0.1) is 0 Å². The van der Waals surface area contributed by atoms with Gasteiger partial charge < -0.3 is 5.32 Å². The third-order valence-corrected chi connectivity index (χ3v) is 6.32. The van der Waals surface area contributed by atoms with E-state index in [0.717, 1.165) is 36.4 Å². The van der Waals surface area contributed by atoms with Crippen LogP contribution >= 0.6 is 0 Å². The van der Waals surface area contributed by atoms with E-state index in [2.05, 4.69) is 10.0 Å². The molecule has 1 fully saturated rings. The highest BCUT2D eigenvalue weighted by atomic mass is 32.2. The number of nitro benzene ring substituents is 1. The Bertz CT molecular complexity index is 977. The molecule has 1 aliphatic heterocycles. The third-order valence-electron chi connectivity index (χ3n) is 4.81. The highest BCUT2D eigenvalue weighted by Crippen LogP contribution is 2.32. The number of nitrogens with one attached hydrogen (secondary N) is 2. The monoisotopic (exact) mass is 429 g/mol. The van der Waals surface area contributed by atoms with Crippen LogP contribution in [0.4, 0.5) is 18.9 Å². The van der Waals surface area contributed by atoms with Crippen LogP contribution in [-0.4, -0.2) is 32.5 Å². The average molecular weight is 429 g/mol. The fourth-order valence-electron chi connectivity index (χ4n) is 3.31. The summed E-state index contributed by atoms with van der Waals surface area (Å²) in [6, 6.07) is 8.60. The molecule has 0 amide bonds. The molecule has 29 heavy (non-hydrogen) atoms. The van der Waals surface area contributed by atoms with Gasteiger partial charge in [-0.1, -0.05) is 12.1 Å². The maximum absolute atomic E-state index is 12.8. The Balaban J connectivity index is 1.81. The summed E-state index contributed by atoms with van der Waals surface area (Å²) in [5.74, 6) is -0.314. The van der Waals surface area contributed by atoms with Gasteiger partial charge in [0.2, 0.25) is 10.0 Å². The van der Waals surface area contributed by atoms with Crippen molar-refractivity contribution in [1.82, 2.24) is 10.0 Å². The molecule has 1 aliphatic rings. The minimum Gasteiger partial charge on any atom is -0.315 e. The number of non-ortho nitro benzene ring substituents is 1. The maximum Gasteiger partial charge on any atom is 0.416 e. The standard InChI is InChI=1S/C18H18F3N3O4S/c19-18(20,21)13-3-1-12(2-4-13)16-9-10-22-11-17(16)23-29(27,28)15-7-5-14(6-8-15)24(25)26/h1-8,16-17,22-23H,9-11H2. The number of nitrogens with zero attached hydrogens (tertiary/aromatic N) is 1. The molecular weight excluding hydrogens is 411 g/mol. The highest BCUT2D eigenvalue weighted by Gasteiger charge is 2.33. The Kier molecular flexibility index (Phi) is 5.92. The molecule has 0 spiro atoms. The molecule has 1 heterocycles. The lowest BCUT2D eigenvalue weighted by Crippen LogP contribution is -2.49. The number of rotatable bonds is 5.